The fraction of sp³-hybridized carbons (Fsp3) is 0.647. The third kappa shape index (κ3) is 6.00. The third-order valence-electron chi connectivity index (χ3n) is 4.20. The Hall–Kier alpha value is -1.24. The second kappa shape index (κ2) is 8.23. The minimum absolute atomic E-state index is 0.0249. The lowest BCUT2D eigenvalue weighted by molar-refractivity contribution is -0.0523. The van der Waals surface area contributed by atoms with Crippen molar-refractivity contribution in [3.63, 3.8) is 0 Å². The monoisotopic (exact) mass is 366 g/mol. The minimum atomic E-state index is -5.57. The molecule has 0 heterocycles. The molecule has 0 aromatic rings. The van der Waals surface area contributed by atoms with E-state index in [4.69, 9.17) is 0 Å². The van der Waals surface area contributed by atoms with Gasteiger partial charge in [-0.05, 0) is 57.4 Å². The first-order valence-electron chi connectivity index (χ1n) is 7.96. The Balaban J connectivity index is 2.72. The molecule has 0 fully saturated rings. The number of allylic oxidation sites excluding steroid dienone is 5. The molecule has 138 valence electrons. The average Bonchev–Trinajstić information content (AvgIpc) is 2.87. The molecule has 0 aromatic heterocycles. The Morgan fingerprint density at radius 2 is 1.96 bits per heavy atom. The van der Waals surface area contributed by atoms with Crippen LogP contribution in [-0.2, 0) is 14.3 Å². The van der Waals surface area contributed by atoms with Crippen LogP contribution in [0.3, 0.4) is 0 Å². The second-order valence-corrected chi connectivity index (χ2v) is 7.95. The Kier molecular flexibility index (Phi) is 7.13. The zero-order valence-electron chi connectivity index (χ0n) is 14.4. The molecule has 3 nitrogen and oxygen atoms in total. The van der Waals surface area contributed by atoms with E-state index in [-0.39, 0.29) is 18.1 Å². The second-order valence-electron chi connectivity index (χ2n) is 6.41. The molecule has 1 rings (SSSR count). The molecule has 0 bridgehead atoms. The van der Waals surface area contributed by atoms with Gasteiger partial charge in [-0.3, -0.25) is 0 Å². The fourth-order valence-corrected chi connectivity index (χ4v) is 3.04. The largest absolute Gasteiger partial charge is 0.534 e. The summed E-state index contributed by atoms with van der Waals surface area (Å²) in [6.07, 6.45) is 5.64. The van der Waals surface area contributed by atoms with Crippen molar-refractivity contribution in [3.8, 4) is 0 Å². The summed E-state index contributed by atoms with van der Waals surface area (Å²) in [5.74, 6) is 0.237. The molecule has 0 saturated heterocycles. The van der Waals surface area contributed by atoms with Crippen molar-refractivity contribution >= 4 is 10.1 Å². The van der Waals surface area contributed by atoms with E-state index >= 15 is 0 Å². The van der Waals surface area contributed by atoms with Crippen molar-refractivity contribution in [1.82, 2.24) is 0 Å². The van der Waals surface area contributed by atoms with Crippen molar-refractivity contribution in [3.05, 3.63) is 35.1 Å². The zero-order chi connectivity index (χ0) is 18.5. The first-order valence-corrected chi connectivity index (χ1v) is 9.37. The number of hydrogen-bond donors (Lipinski definition) is 0. The molecule has 0 spiro atoms. The Bertz CT molecular complexity index is 628. The number of hydrogen-bond acceptors (Lipinski definition) is 3. The average molecular weight is 366 g/mol. The normalized spacial score (nSPS) is 18.0. The highest BCUT2D eigenvalue weighted by Crippen LogP contribution is 2.36. The summed E-state index contributed by atoms with van der Waals surface area (Å²) in [6, 6.07) is 0. The summed E-state index contributed by atoms with van der Waals surface area (Å²) in [4.78, 5) is 0. The Morgan fingerprint density at radius 1 is 1.33 bits per heavy atom. The molecule has 0 radical (unpaired) electrons. The van der Waals surface area contributed by atoms with Gasteiger partial charge in [-0.1, -0.05) is 30.7 Å². The highest BCUT2D eigenvalue weighted by atomic mass is 32.2. The maximum absolute atomic E-state index is 12.4. The predicted molar refractivity (Wildman–Crippen MR) is 88.5 cm³/mol. The Labute approximate surface area is 142 Å². The van der Waals surface area contributed by atoms with Gasteiger partial charge in [-0.25, -0.2) is 0 Å². The van der Waals surface area contributed by atoms with Gasteiger partial charge in [-0.2, -0.15) is 21.6 Å². The number of rotatable bonds is 8. The van der Waals surface area contributed by atoms with Gasteiger partial charge in [0.05, 0.1) is 0 Å². The lowest BCUT2D eigenvalue weighted by Gasteiger charge is -2.15. The van der Waals surface area contributed by atoms with Crippen LogP contribution in [0.5, 0.6) is 0 Å². The molecule has 0 aromatic carbocycles. The van der Waals surface area contributed by atoms with E-state index in [2.05, 4.69) is 16.8 Å². The molecular formula is C17H25F3O3S. The van der Waals surface area contributed by atoms with Gasteiger partial charge < -0.3 is 4.18 Å². The maximum Gasteiger partial charge on any atom is 0.534 e. The zero-order valence-corrected chi connectivity index (χ0v) is 15.2. The van der Waals surface area contributed by atoms with Crippen LogP contribution >= 0.6 is 0 Å². The van der Waals surface area contributed by atoms with E-state index in [1.807, 2.05) is 20.8 Å². The molecule has 24 heavy (non-hydrogen) atoms. The van der Waals surface area contributed by atoms with E-state index in [1.165, 1.54) is 5.57 Å². The topological polar surface area (TPSA) is 43.4 Å². The summed E-state index contributed by atoms with van der Waals surface area (Å²) in [7, 11) is -5.57. The van der Waals surface area contributed by atoms with E-state index in [0.717, 1.165) is 18.4 Å². The molecule has 0 aliphatic heterocycles. The summed E-state index contributed by atoms with van der Waals surface area (Å²) in [5, 5.41) is 0. The molecule has 1 atom stereocenters. The van der Waals surface area contributed by atoms with Gasteiger partial charge in [0.15, 0.2) is 0 Å². The van der Waals surface area contributed by atoms with Crippen molar-refractivity contribution in [1.29, 1.82) is 0 Å². The van der Waals surface area contributed by atoms with Gasteiger partial charge in [0, 0.05) is 6.42 Å². The Morgan fingerprint density at radius 3 is 2.50 bits per heavy atom. The summed E-state index contributed by atoms with van der Waals surface area (Å²) in [6.45, 7) is 9.85. The summed E-state index contributed by atoms with van der Waals surface area (Å²) < 4.78 is 63.9. The molecule has 0 saturated carbocycles. The standard InChI is InChI=1S/C17H25F3O3S/c1-12(2)8-9-13(3)14(4)10-11-15-6-5-7-16(15)23-24(21,22)17(18,19)20/h9,14H,1,5-8,10-11H2,2-4H3/t14-/m1/s1. The highest BCUT2D eigenvalue weighted by Gasteiger charge is 2.49. The van der Waals surface area contributed by atoms with Crippen LogP contribution in [0.15, 0.2) is 35.1 Å². The van der Waals surface area contributed by atoms with Crippen LogP contribution in [0.2, 0.25) is 0 Å². The van der Waals surface area contributed by atoms with Crippen LogP contribution in [-0.4, -0.2) is 13.9 Å². The molecule has 1 aliphatic carbocycles. The van der Waals surface area contributed by atoms with Crippen LogP contribution < -0.4 is 0 Å². The van der Waals surface area contributed by atoms with Crippen LogP contribution in [0, 0.1) is 5.92 Å². The first kappa shape index (κ1) is 20.8. The maximum atomic E-state index is 12.4. The summed E-state index contributed by atoms with van der Waals surface area (Å²) in [5.41, 5.74) is -2.44. The molecule has 0 N–H and O–H groups in total. The lowest BCUT2D eigenvalue weighted by Crippen LogP contribution is -2.25. The van der Waals surface area contributed by atoms with E-state index < -0.39 is 15.6 Å². The van der Waals surface area contributed by atoms with Crippen LogP contribution in [0.1, 0.15) is 59.3 Å². The van der Waals surface area contributed by atoms with Gasteiger partial charge in [0.25, 0.3) is 0 Å². The summed E-state index contributed by atoms with van der Waals surface area (Å²) >= 11 is 0. The number of halogens is 3. The van der Waals surface area contributed by atoms with E-state index in [0.29, 0.717) is 24.8 Å². The van der Waals surface area contributed by atoms with Crippen molar-refractivity contribution in [2.75, 3.05) is 0 Å². The quantitative estimate of drug-likeness (QED) is 0.318. The molecular weight excluding hydrogens is 341 g/mol. The first-order chi connectivity index (χ1) is 10.9. The predicted octanol–water partition coefficient (Wildman–Crippen LogP) is 5.62. The molecule has 7 heteroatoms. The highest BCUT2D eigenvalue weighted by molar-refractivity contribution is 7.87. The molecule has 1 aliphatic rings. The third-order valence-corrected chi connectivity index (χ3v) is 5.19. The van der Waals surface area contributed by atoms with Crippen molar-refractivity contribution in [2.45, 2.75) is 64.8 Å². The van der Waals surface area contributed by atoms with E-state index in [9.17, 15) is 21.6 Å². The molecule has 0 amide bonds. The SMILES string of the molecule is C=C(C)CC=C(C)[C@H](C)CCC1=C(OS(=O)(=O)C(F)(F)F)CCC1. The van der Waals surface area contributed by atoms with Gasteiger partial charge in [0.2, 0.25) is 0 Å². The van der Waals surface area contributed by atoms with Crippen LogP contribution in [0.4, 0.5) is 13.2 Å². The lowest BCUT2D eigenvalue weighted by atomic mass is 9.93. The number of alkyl halides is 3. The van der Waals surface area contributed by atoms with E-state index in [1.54, 1.807) is 0 Å². The van der Waals surface area contributed by atoms with Gasteiger partial charge in [-0.15, -0.1) is 0 Å². The molecule has 0 unspecified atom stereocenters. The van der Waals surface area contributed by atoms with Crippen LogP contribution in [0.25, 0.3) is 0 Å². The van der Waals surface area contributed by atoms with Crippen molar-refractivity contribution in [2.24, 2.45) is 5.92 Å². The van der Waals surface area contributed by atoms with Crippen molar-refractivity contribution < 1.29 is 25.8 Å². The fourth-order valence-electron chi connectivity index (χ4n) is 2.48. The minimum Gasteiger partial charge on any atom is -0.381 e. The van der Waals surface area contributed by atoms with Gasteiger partial charge >= 0.3 is 15.6 Å². The van der Waals surface area contributed by atoms with Gasteiger partial charge in [0.1, 0.15) is 5.76 Å². The smallest absolute Gasteiger partial charge is 0.381 e.